The molecule has 0 radical (unpaired) electrons. The molecule has 0 aliphatic rings. The molecule has 0 saturated heterocycles. The van der Waals surface area contributed by atoms with Crippen molar-refractivity contribution >= 4 is 58.3 Å². The van der Waals surface area contributed by atoms with Gasteiger partial charge in [-0.3, -0.25) is 14.4 Å². The van der Waals surface area contributed by atoms with Gasteiger partial charge in [0.25, 0.3) is 5.24 Å². The van der Waals surface area contributed by atoms with Gasteiger partial charge >= 0.3 is 17.9 Å². The van der Waals surface area contributed by atoms with Gasteiger partial charge in [-0.1, -0.05) is 23.5 Å². The van der Waals surface area contributed by atoms with Crippen LogP contribution in [-0.4, -0.2) is 83.1 Å². The van der Waals surface area contributed by atoms with Crippen molar-refractivity contribution in [1.82, 2.24) is 0 Å². The van der Waals surface area contributed by atoms with Crippen LogP contribution in [0.3, 0.4) is 0 Å². The highest BCUT2D eigenvalue weighted by atomic mass is 35.5. The standard InChI is InChI=1S/C23H27ClO6S.C23H28O7S/c1-4-29-22(25)8-6-5-7-13-30-19-12-10-17(15-20(19)28-3)31-21-14-16(27-2)9-11-18(21)23(24)26;1-4-29-22(24)8-6-5-7-13-30-19-12-10-17(15-20(19)28-3)31-21-14-16(27-2)9-11-18(21)23(25)26/h9-12,14-15H,4-8,13H2,1-3H3;9-12,14-15H,4-8,13H2,1-3H3,(H,25,26). The Balaban J connectivity index is 0.000000330. The Morgan fingerprint density at radius 2 is 0.968 bits per heavy atom. The van der Waals surface area contributed by atoms with Crippen LogP contribution in [0, 0.1) is 0 Å². The molecule has 0 fully saturated rings. The van der Waals surface area contributed by atoms with E-state index >= 15 is 0 Å². The van der Waals surface area contributed by atoms with Crippen molar-refractivity contribution in [2.45, 2.75) is 84.8 Å². The molecule has 4 rings (SSSR count). The molecule has 336 valence electrons. The van der Waals surface area contributed by atoms with Crippen LogP contribution < -0.4 is 28.4 Å². The second kappa shape index (κ2) is 28.4. The Morgan fingerprint density at radius 3 is 1.35 bits per heavy atom. The number of ether oxygens (including phenoxy) is 8. The first-order chi connectivity index (χ1) is 30.0. The van der Waals surface area contributed by atoms with Gasteiger partial charge in [0.1, 0.15) is 11.5 Å². The second-order valence-corrected chi connectivity index (χ2v) is 15.6. The van der Waals surface area contributed by atoms with Crippen LogP contribution in [0.25, 0.3) is 0 Å². The summed E-state index contributed by atoms with van der Waals surface area (Å²) in [7, 11) is 6.24. The molecule has 16 heteroatoms. The molecule has 0 atom stereocenters. The van der Waals surface area contributed by atoms with E-state index in [2.05, 4.69) is 0 Å². The summed E-state index contributed by atoms with van der Waals surface area (Å²) in [6.45, 7) is 5.45. The van der Waals surface area contributed by atoms with Crippen molar-refractivity contribution in [3.63, 3.8) is 0 Å². The van der Waals surface area contributed by atoms with Crippen LogP contribution >= 0.6 is 35.1 Å². The summed E-state index contributed by atoms with van der Waals surface area (Å²) in [6.07, 6.45) is 5.77. The van der Waals surface area contributed by atoms with Crippen LogP contribution in [0.2, 0.25) is 0 Å². The topological polar surface area (TPSA) is 162 Å². The quantitative estimate of drug-likeness (QED) is 0.0359. The minimum absolute atomic E-state index is 0.159. The van der Waals surface area contributed by atoms with Gasteiger partial charge in [0.2, 0.25) is 0 Å². The van der Waals surface area contributed by atoms with Crippen molar-refractivity contribution in [2.75, 3.05) is 54.9 Å². The van der Waals surface area contributed by atoms with E-state index in [4.69, 9.17) is 49.5 Å². The highest BCUT2D eigenvalue weighted by Gasteiger charge is 2.16. The molecule has 0 saturated carbocycles. The first-order valence-electron chi connectivity index (χ1n) is 20.0. The molecule has 0 aliphatic carbocycles. The molecule has 4 aromatic rings. The number of hydrogen-bond donors (Lipinski definition) is 1. The predicted octanol–water partition coefficient (Wildman–Crippen LogP) is 10.8. The lowest BCUT2D eigenvalue weighted by Crippen LogP contribution is -2.04. The number of rotatable bonds is 26. The lowest BCUT2D eigenvalue weighted by molar-refractivity contribution is -0.144. The molecule has 0 unspecified atom stereocenters. The zero-order chi connectivity index (χ0) is 45.3. The Hall–Kier alpha value is -5.25. The minimum atomic E-state index is -1.000. The minimum Gasteiger partial charge on any atom is -0.497 e. The van der Waals surface area contributed by atoms with E-state index in [0.29, 0.717) is 89.1 Å². The number of esters is 2. The number of carbonyl (C=O) groups excluding carboxylic acids is 3. The van der Waals surface area contributed by atoms with Crippen molar-refractivity contribution in [3.05, 3.63) is 83.9 Å². The van der Waals surface area contributed by atoms with Gasteiger partial charge in [-0.25, -0.2) is 4.79 Å². The van der Waals surface area contributed by atoms with Crippen LogP contribution in [0.15, 0.2) is 92.4 Å². The summed E-state index contributed by atoms with van der Waals surface area (Å²) < 4.78 is 42.9. The van der Waals surface area contributed by atoms with Crippen molar-refractivity contribution in [1.29, 1.82) is 0 Å². The number of methoxy groups -OCH3 is 4. The third kappa shape index (κ3) is 17.6. The van der Waals surface area contributed by atoms with Gasteiger partial charge in [-0.15, -0.1) is 0 Å². The number of hydrogen-bond acceptors (Lipinski definition) is 14. The first kappa shape index (κ1) is 51.1. The van der Waals surface area contributed by atoms with E-state index in [1.54, 1.807) is 71.6 Å². The van der Waals surface area contributed by atoms with Gasteiger partial charge in [0.05, 0.1) is 60.4 Å². The molecule has 0 amide bonds. The van der Waals surface area contributed by atoms with Crippen molar-refractivity contribution in [3.8, 4) is 34.5 Å². The van der Waals surface area contributed by atoms with Crippen LogP contribution in [0.5, 0.6) is 34.5 Å². The summed E-state index contributed by atoms with van der Waals surface area (Å²) in [6, 6.07) is 21.0. The highest BCUT2D eigenvalue weighted by molar-refractivity contribution is 7.99. The lowest BCUT2D eigenvalue weighted by atomic mass is 10.2. The van der Waals surface area contributed by atoms with Crippen LogP contribution in [0.4, 0.5) is 0 Å². The van der Waals surface area contributed by atoms with Gasteiger partial charge in [0, 0.05) is 38.0 Å². The summed E-state index contributed by atoms with van der Waals surface area (Å²) in [5.41, 5.74) is 0.613. The molecule has 0 spiro atoms. The molecule has 0 aromatic heterocycles. The maximum Gasteiger partial charge on any atom is 0.336 e. The molecule has 0 heterocycles. The molecule has 4 aromatic carbocycles. The monoisotopic (exact) mass is 914 g/mol. The maximum absolute atomic E-state index is 11.7. The normalized spacial score (nSPS) is 10.4. The fourth-order valence-corrected chi connectivity index (χ4v) is 7.83. The number of aromatic carboxylic acids is 1. The fraction of sp³-hybridized carbons (Fsp3) is 0.391. The van der Waals surface area contributed by atoms with E-state index in [9.17, 15) is 24.3 Å². The Labute approximate surface area is 377 Å². The van der Waals surface area contributed by atoms with Gasteiger partial charge < -0.3 is 43.0 Å². The lowest BCUT2D eigenvalue weighted by Gasteiger charge is -2.13. The number of carboxylic acid groups (broad SMARTS) is 1. The SMILES string of the molecule is CCOC(=O)CCCCCOc1ccc(Sc2cc(OC)ccc2C(=O)Cl)cc1OC.CCOC(=O)CCCCCOc1ccc(Sc2cc(OC)ccc2C(=O)O)cc1OC. The molecular weight excluding hydrogens is 860 g/mol. The zero-order valence-electron chi connectivity index (χ0n) is 36.0. The molecular formula is C46H55ClO13S2. The summed E-state index contributed by atoms with van der Waals surface area (Å²) in [5, 5.41) is 8.92. The van der Waals surface area contributed by atoms with E-state index in [-0.39, 0.29) is 17.5 Å². The summed E-state index contributed by atoms with van der Waals surface area (Å²) >= 11 is 8.42. The Morgan fingerprint density at radius 1 is 0.532 bits per heavy atom. The van der Waals surface area contributed by atoms with E-state index in [1.165, 1.54) is 36.7 Å². The number of unbranched alkanes of at least 4 members (excludes halogenated alkanes) is 4. The second-order valence-electron chi connectivity index (χ2n) is 13.1. The smallest absolute Gasteiger partial charge is 0.336 e. The fourth-order valence-electron chi connectivity index (χ4n) is 5.61. The summed E-state index contributed by atoms with van der Waals surface area (Å²) in [4.78, 5) is 48.9. The molecule has 62 heavy (non-hydrogen) atoms. The van der Waals surface area contributed by atoms with Gasteiger partial charge in [-0.2, -0.15) is 0 Å². The molecule has 0 aliphatic heterocycles. The number of halogens is 1. The first-order valence-corrected chi connectivity index (χ1v) is 22.1. The third-order valence-corrected chi connectivity index (χ3v) is 11.0. The Kier molecular flexibility index (Phi) is 23.4. The third-order valence-electron chi connectivity index (χ3n) is 8.72. The Bertz CT molecular complexity index is 1910. The van der Waals surface area contributed by atoms with E-state index in [0.717, 1.165) is 48.3 Å². The number of carboxylic acids is 1. The largest absolute Gasteiger partial charge is 0.497 e. The zero-order valence-corrected chi connectivity index (χ0v) is 38.3. The molecule has 0 bridgehead atoms. The summed E-state index contributed by atoms with van der Waals surface area (Å²) in [5.74, 6) is 2.31. The molecule has 13 nitrogen and oxygen atoms in total. The van der Waals surface area contributed by atoms with Crippen LogP contribution in [0.1, 0.15) is 85.9 Å². The highest BCUT2D eigenvalue weighted by Crippen LogP contribution is 2.40. The van der Waals surface area contributed by atoms with E-state index < -0.39 is 11.2 Å². The van der Waals surface area contributed by atoms with Gasteiger partial charge in [0.15, 0.2) is 23.0 Å². The predicted molar refractivity (Wildman–Crippen MR) is 239 cm³/mol. The average Bonchev–Trinajstić information content (AvgIpc) is 3.26. The van der Waals surface area contributed by atoms with Crippen molar-refractivity contribution < 1.29 is 62.2 Å². The maximum atomic E-state index is 11.7. The van der Waals surface area contributed by atoms with Crippen LogP contribution in [-0.2, 0) is 19.1 Å². The van der Waals surface area contributed by atoms with E-state index in [1.807, 2.05) is 30.3 Å². The van der Waals surface area contributed by atoms with Gasteiger partial charge in [-0.05, 0) is 137 Å². The van der Waals surface area contributed by atoms with Crippen molar-refractivity contribution in [2.24, 2.45) is 0 Å². The average molecular weight is 916 g/mol. The number of carbonyl (C=O) groups is 4. The number of benzene rings is 4. The molecule has 1 N–H and O–H groups in total.